The third kappa shape index (κ3) is 3.92. The first kappa shape index (κ1) is 11.2. The first-order chi connectivity index (χ1) is 6.72. The van der Waals surface area contributed by atoms with Gasteiger partial charge in [-0.3, -0.25) is 0 Å². The molecule has 14 heavy (non-hydrogen) atoms. The highest BCUT2D eigenvalue weighted by Gasteiger charge is 2.18. The zero-order valence-corrected chi connectivity index (χ0v) is 8.67. The van der Waals surface area contributed by atoms with E-state index in [2.05, 4.69) is 0 Å². The Morgan fingerprint density at radius 2 is 1.93 bits per heavy atom. The van der Waals surface area contributed by atoms with Gasteiger partial charge in [-0.2, -0.15) is 0 Å². The van der Waals surface area contributed by atoms with Crippen molar-refractivity contribution in [3.63, 3.8) is 0 Å². The predicted molar refractivity (Wildman–Crippen MR) is 50.4 cm³/mol. The first-order valence-corrected chi connectivity index (χ1v) is 5.29. The molecular formula is C9H11FO3P+. The molecule has 0 saturated carbocycles. The summed E-state index contributed by atoms with van der Waals surface area (Å²) in [7, 11) is -2.06. The average molecular weight is 217 g/mol. The van der Waals surface area contributed by atoms with E-state index in [0.29, 0.717) is 6.61 Å². The van der Waals surface area contributed by atoms with Gasteiger partial charge >= 0.3 is 8.25 Å². The Labute approximate surface area is 82.8 Å². The van der Waals surface area contributed by atoms with Gasteiger partial charge in [-0.25, -0.2) is 4.39 Å². The highest BCUT2D eigenvalue weighted by atomic mass is 31.1. The van der Waals surface area contributed by atoms with Gasteiger partial charge in [-0.15, -0.1) is 9.05 Å². The van der Waals surface area contributed by atoms with E-state index in [4.69, 9.17) is 9.05 Å². The van der Waals surface area contributed by atoms with Crippen LogP contribution in [0, 0.1) is 5.82 Å². The molecule has 0 fully saturated rings. The van der Waals surface area contributed by atoms with Crippen LogP contribution in [-0.4, -0.2) is 6.61 Å². The Balaban J connectivity index is 2.38. The number of halogens is 1. The Kier molecular flexibility index (Phi) is 4.66. The second-order valence-electron chi connectivity index (χ2n) is 2.54. The van der Waals surface area contributed by atoms with Crippen LogP contribution >= 0.6 is 8.25 Å². The second-order valence-corrected chi connectivity index (χ2v) is 3.50. The fourth-order valence-corrected chi connectivity index (χ4v) is 1.39. The maximum absolute atomic E-state index is 12.5. The molecule has 0 radical (unpaired) electrons. The SMILES string of the molecule is CCO[P+](=O)OCc1ccc(F)cc1. The van der Waals surface area contributed by atoms with Crippen molar-refractivity contribution in [1.29, 1.82) is 0 Å². The molecule has 0 heterocycles. The van der Waals surface area contributed by atoms with Crippen molar-refractivity contribution in [3.8, 4) is 0 Å². The van der Waals surface area contributed by atoms with Crippen LogP contribution in [0.2, 0.25) is 0 Å². The minimum Gasteiger partial charge on any atom is -0.207 e. The predicted octanol–water partition coefficient (Wildman–Crippen LogP) is 3.04. The summed E-state index contributed by atoms with van der Waals surface area (Å²) in [5.74, 6) is -0.303. The standard InChI is InChI=1S/C9H11FO3P/c1-2-12-14(11)13-7-8-3-5-9(10)6-4-8/h3-6H,2,7H2,1H3/q+1. The molecule has 3 nitrogen and oxygen atoms in total. The molecule has 5 heteroatoms. The Morgan fingerprint density at radius 1 is 1.29 bits per heavy atom. The van der Waals surface area contributed by atoms with E-state index in [-0.39, 0.29) is 12.4 Å². The summed E-state index contributed by atoms with van der Waals surface area (Å²) >= 11 is 0. The van der Waals surface area contributed by atoms with Gasteiger partial charge in [0.15, 0.2) is 0 Å². The minimum atomic E-state index is -2.06. The molecule has 0 aliphatic carbocycles. The Morgan fingerprint density at radius 3 is 2.50 bits per heavy atom. The van der Waals surface area contributed by atoms with E-state index in [1.807, 2.05) is 0 Å². The molecule has 0 aromatic heterocycles. The molecule has 76 valence electrons. The molecule has 1 aromatic rings. The van der Waals surface area contributed by atoms with Crippen LogP contribution < -0.4 is 0 Å². The zero-order valence-electron chi connectivity index (χ0n) is 7.77. The van der Waals surface area contributed by atoms with Gasteiger partial charge < -0.3 is 0 Å². The lowest BCUT2D eigenvalue weighted by molar-refractivity contribution is 0.227. The van der Waals surface area contributed by atoms with Crippen molar-refractivity contribution in [1.82, 2.24) is 0 Å². The summed E-state index contributed by atoms with van der Waals surface area (Å²) in [6.07, 6.45) is 0. The largest absolute Gasteiger partial charge is 0.697 e. The van der Waals surface area contributed by atoms with Gasteiger partial charge in [0.1, 0.15) is 19.0 Å². The van der Waals surface area contributed by atoms with E-state index in [1.165, 1.54) is 12.1 Å². The van der Waals surface area contributed by atoms with E-state index in [9.17, 15) is 8.96 Å². The van der Waals surface area contributed by atoms with Crippen molar-refractivity contribution < 1.29 is 18.0 Å². The average Bonchev–Trinajstić information content (AvgIpc) is 2.17. The summed E-state index contributed by atoms with van der Waals surface area (Å²) in [5, 5.41) is 0. The summed E-state index contributed by atoms with van der Waals surface area (Å²) < 4.78 is 33.0. The Bertz CT molecular complexity index is 299. The molecule has 0 bridgehead atoms. The van der Waals surface area contributed by atoms with E-state index in [1.54, 1.807) is 19.1 Å². The monoisotopic (exact) mass is 217 g/mol. The van der Waals surface area contributed by atoms with Crippen molar-refractivity contribution >= 4 is 8.25 Å². The first-order valence-electron chi connectivity index (χ1n) is 4.20. The quantitative estimate of drug-likeness (QED) is 0.711. The molecule has 0 spiro atoms. The van der Waals surface area contributed by atoms with Crippen molar-refractivity contribution in [2.75, 3.05) is 6.61 Å². The van der Waals surface area contributed by atoms with Crippen molar-refractivity contribution in [3.05, 3.63) is 35.6 Å². The fraction of sp³-hybridized carbons (Fsp3) is 0.333. The fourth-order valence-electron chi connectivity index (χ4n) is 0.851. The number of benzene rings is 1. The molecule has 1 aromatic carbocycles. The minimum absolute atomic E-state index is 0.162. The van der Waals surface area contributed by atoms with Crippen LogP contribution in [0.5, 0.6) is 0 Å². The topological polar surface area (TPSA) is 35.5 Å². The summed E-state index contributed by atoms with van der Waals surface area (Å²) in [5.41, 5.74) is 0.759. The third-order valence-electron chi connectivity index (χ3n) is 1.48. The summed E-state index contributed by atoms with van der Waals surface area (Å²) in [6.45, 7) is 2.24. The third-order valence-corrected chi connectivity index (χ3v) is 2.29. The molecule has 0 aliphatic heterocycles. The van der Waals surface area contributed by atoms with Crippen LogP contribution in [0.25, 0.3) is 0 Å². The number of hydrogen-bond acceptors (Lipinski definition) is 3. The maximum Gasteiger partial charge on any atom is 0.697 e. The van der Waals surface area contributed by atoms with E-state index < -0.39 is 8.25 Å². The van der Waals surface area contributed by atoms with Gasteiger partial charge in [0, 0.05) is 4.57 Å². The molecule has 0 saturated heterocycles. The van der Waals surface area contributed by atoms with Crippen LogP contribution in [-0.2, 0) is 20.2 Å². The molecular weight excluding hydrogens is 206 g/mol. The van der Waals surface area contributed by atoms with Crippen LogP contribution in [0.4, 0.5) is 4.39 Å². The lowest BCUT2D eigenvalue weighted by Crippen LogP contribution is -1.88. The van der Waals surface area contributed by atoms with Gasteiger partial charge in [0.25, 0.3) is 0 Å². The summed E-state index contributed by atoms with van der Waals surface area (Å²) in [4.78, 5) is 0. The maximum atomic E-state index is 12.5. The van der Waals surface area contributed by atoms with Crippen LogP contribution in [0.3, 0.4) is 0 Å². The van der Waals surface area contributed by atoms with Crippen LogP contribution in [0.15, 0.2) is 24.3 Å². The Hall–Kier alpha value is -0.830. The molecule has 1 atom stereocenters. The van der Waals surface area contributed by atoms with Crippen molar-refractivity contribution in [2.45, 2.75) is 13.5 Å². The normalized spacial score (nSPS) is 11.4. The molecule has 1 unspecified atom stereocenters. The molecule has 0 aliphatic rings. The van der Waals surface area contributed by atoms with Gasteiger partial charge in [0.2, 0.25) is 0 Å². The lowest BCUT2D eigenvalue weighted by atomic mass is 10.2. The smallest absolute Gasteiger partial charge is 0.207 e. The molecule has 1 rings (SSSR count). The number of hydrogen-bond donors (Lipinski definition) is 0. The van der Waals surface area contributed by atoms with Crippen molar-refractivity contribution in [2.24, 2.45) is 0 Å². The summed E-state index contributed by atoms with van der Waals surface area (Å²) in [6, 6.07) is 5.80. The van der Waals surface area contributed by atoms with E-state index >= 15 is 0 Å². The molecule has 0 N–H and O–H groups in total. The lowest BCUT2D eigenvalue weighted by Gasteiger charge is -1.94. The van der Waals surface area contributed by atoms with E-state index in [0.717, 1.165) is 5.56 Å². The zero-order chi connectivity index (χ0) is 10.4. The van der Waals surface area contributed by atoms with Gasteiger partial charge in [-0.1, -0.05) is 12.1 Å². The van der Waals surface area contributed by atoms with Gasteiger partial charge in [-0.05, 0) is 24.6 Å². The highest BCUT2D eigenvalue weighted by Crippen LogP contribution is 2.25. The van der Waals surface area contributed by atoms with Crippen LogP contribution in [0.1, 0.15) is 12.5 Å². The molecule has 0 amide bonds. The second kappa shape index (κ2) is 5.81. The van der Waals surface area contributed by atoms with Gasteiger partial charge in [0.05, 0.1) is 0 Å². The highest BCUT2D eigenvalue weighted by molar-refractivity contribution is 7.33. The number of rotatable bonds is 5.